The quantitative estimate of drug-likeness (QED) is 0.856. The van der Waals surface area contributed by atoms with E-state index in [0.29, 0.717) is 10.00 Å². The van der Waals surface area contributed by atoms with Crippen LogP contribution in [0.15, 0.2) is 42.6 Å². The number of anilines is 1. The van der Waals surface area contributed by atoms with Gasteiger partial charge in [-0.3, -0.25) is 14.6 Å². The van der Waals surface area contributed by atoms with Crippen LogP contribution < -0.4 is 9.62 Å². The summed E-state index contributed by atoms with van der Waals surface area (Å²) in [6.45, 7) is 1.76. The van der Waals surface area contributed by atoms with Gasteiger partial charge in [0.05, 0.1) is 34.6 Å². The molecule has 2 aromatic rings. The van der Waals surface area contributed by atoms with Gasteiger partial charge in [-0.1, -0.05) is 24.6 Å². The minimum Gasteiger partial charge on any atom is -0.346 e. The number of amides is 2. The number of benzene rings is 1. The van der Waals surface area contributed by atoms with Crippen LogP contribution in [-0.4, -0.2) is 31.0 Å². The standard InChI is InChI=1S/C17H16ClN3O4S/c1-11-10-26(24,25)21(17(11)23)15-8-12(5-6-14(15)18)16(22)20-9-13-4-2-3-7-19-13/h2-8,11H,9-10H2,1H3,(H,20,22). The van der Waals surface area contributed by atoms with Gasteiger partial charge in [0.2, 0.25) is 15.9 Å². The second-order valence-electron chi connectivity index (χ2n) is 5.95. The van der Waals surface area contributed by atoms with E-state index in [9.17, 15) is 18.0 Å². The van der Waals surface area contributed by atoms with Crippen LogP contribution in [0.2, 0.25) is 5.02 Å². The van der Waals surface area contributed by atoms with Gasteiger partial charge in [-0.15, -0.1) is 0 Å². The lowest BCUT2D eigenvalue weighted by molar-refractivity contribution is -0.119. The summed E-state index contributed by atoms with van der Waals surface area (Å²) < 4.78 is 25.2. The van der Waals surface area contributed by atoms with E-state index >= 15 is 0 Å². The van der Waals surface area contributed by atoms with Gasteiger partial charge in [-0.25, -0.2) is 12.7 Å². The first kappa shape index (κ1) is 18.3. The van der Waals surface area contributed by atoms with Gasteiger partial charge in [0.15, 0.2) is 0 Å². The van der Waals surface area contributed by atoms with Crippen molar-refractivity contribution >= 4 is 39.1 Å². The molecular weight excluding hydrogens is 378 g/mol. The summed E-state index contributed by atoms with van der Waals surface area (Å²) in [5, 5.41) is 2.78. The minimum absolute atomic E-state index is 0.00787. The Morgan fingerprint density at radius 1 is 1.35 bits per heavy atom. The molecule has 1 fully saturated rings. The number of halogens is 1. The second kappa shape index (κ2) is 7.05. The number of carbonyl (C=O) groups is 2. The molecule has 1 aliphatic heterocycles. The topological polar surface area (TPSA) is 96.4 Å². The molecule has 0 spiro atoms. The Kier molecular flexibility index (Phi) is 4.97. The van der Waals surface area contributed by atoms with Gasteiger partial charge in [-0.2, -0.15) is 0 Å². The molecule has 2 amide bonds. The van der Waals surface area contributed by atoms with Crippen molar-refractivity contribution < 1.29 is 18.0 Å². The van der Waals surface area contributed by atoms with Crippen LogP contribution >= 0.6 is 11.6 Å². The molecule has 0 radical (unpaired) electrons. The van der Waals surface area contributed by atoms with E-state index in [-0.39, 0.29) is 28.6 Å². The summed E-state index contributed by atoms with van der Waals surface area (Å²) in [6, 6.07) is 9.52. The first-order valence-electron chi connectivity index (χ1n) is 7.84. The molecule has 2 heterocycles. The number of nitrogens with one attached hydrogen (secondary N) is 1. The number of sulfonamides is 1. The maximum absolute atomic E-state index is 12.4. The molecule has 26 heavy (non-hydrogen) atoms. The maximum atomic E-state index is 12.4. The van der Waals surface area contributed by atoms with Gasteiger partial charge < -0.3 is 5.32 Å². The van der Waals surface area contributed by atoms with E-state index in [1.165, 1.54) is 25.1 Å². The van der Waals surface area contributed by atoms with Gasteiger partial charge in [0.25, 0.3) is 5.91 Å². The largest absolute Gasteiger partial charge is 0.346 e. The lowest BCUT2D eigenvalue weighted by Crippen LogP contribution is -2.31. The molecule has 136 valence electrons. The lowest BCUT2D eigenvalue weighted by atomic mass is 10.1. The number of carbonyl (C=O) groups excluding carboxylic acids is 2. The lowest BCUT2D eigenvalue weighted by Gasteiger charge is -2.17. The summed E-state index contributed by atoms with van der Waals surface area (Å²) in [5.74, 6) is -1.92. The van der Waals surface area contributed by atoms with Crippen LogP contribution in [-0.2, 0) is 21.4 Å². The molecule has 7 nitrogen and oxygen atoms in total. The fourth-order valence-electron chi connectivity index (χ4n) is 2.65. The monoisotopic (exact) mass is 393 g/mol. The summed E-state index contributed by atoms with van der Waals surface area (Å²) in [4.78, 5) is 28.7. The van der Waals surface area contributed by atoms with E-state index in [4.69, 9.17) is 11.6 Å². The number of aromatic nitrogens is 1. The van der Waals surface area contributed by atoms with Crippen molar-refractivity contribution in [3.8, 4) is 0 Å². The fraction of sp³-hybridized carbons (Fsp3) is 0.235. The van der Waals surface area contributed by atoms with Crippen molar-refractivity contribution in [1.82, 2.24) is 10.3 Å². The molecule has 0 bridgehead atoms. The highest BCUT2D eigenvalue weighted by Gasteiger charge is 2.42. The van der Waals surface area contributed by atoms with Gasteiger partial charge in [0, 0.05) is 11.8 Å². The number of hydrogen-bond acceptors (Lipinski definition) is 5. The zero-order valence-electron chi connectivity index (χ0n) is 13.8. The van der Waals surface area contributed by atoms with Crippen LogP contribution in [0.1, 0.15) is 23.0 Å². The average molecular weight is 394 g/mol. The first-order valence-corrected chi connectivity index (χ1v) is 9.83. The molecule has 1 aliphatic rings. The SMILES string of the molecule is CC1CS(=O)(=O)N(c2cc(C(=O)NCc3ccccn3)ccc2Cl)C1=O. The molecule has 1 N–H and O–H groups in total. The van der Waals surface area contributed by atoms with E-state index < -0.39 is 27.8 Å². The van der Waals surface area contributed by atoms with E-state index in [2.05, 4.69) is 10.3 Å². The zero-order chi connectivity index (χ0) is 18.9. The van der Waals surface area contributed by atoms with Crippen LogP contribution in [0.3, 0.4) is 0 Å². The molecular formula is C17H16ClN3O4S. The van der Waals surface area contributed by atoms with E-state index in [1.807, 2.05) is 0 Å². The van der Waals surface area contributed by atoms with Gasteiger partial charge in [-0.05, 0) is 30.3 Å². The number of pyridine rings is 1. The van der Waals surface area contributed by atoms with Crippen molar-refractivity contribution in [2.75, 3.05) is 10.1 Å². The average Bonchev–Trinajstić information content (AvgIpc) is 2.81. The van der Waals surface area contributed by atoms with Gasteiger partial charge in [0.1, 0.15) is 0 Å². The zero-order valence-corrected chi connectivity index (χ0v) is 15.4. The third-order valence-electron chi connectivity index (χ3n) is 3.94. The van der Waals surface area contributed by atoms with Crippen molar-refractivity contribution in [2.45, 2.75) is 13.5 Å². The van der Waals surface area contributed by atoms with Crippen LogP contribution in [0.4, 0.5) is 5.69 Å². The second-order valence-corrected chi connectivity index (χ2v) is 8.22. The molecule has 0 aliphatic carbocycles. The third kappa shape index (κ3) is 3.56. The van der Waals surface area contributed by atoms with E-state index in [0.717, 1.165) is 0 Å². The number of hydrogen-bond donors (Lipinski definition) is 1. The molecule has 3 rings (SSSR count). The molecule has 1 unspecified atom stereocenters. The van der Waals surface area contributed by atoms with E-state index in [1.54, 1.807) is 24.4 Å². The van der Waals surface area contributed by atoms with Crippen LogP contribution in [0.25, 0.3) is 0 Å². The fourth-order valence-corrected chi connectivity index (χ4v) is 4.73. The van der Waals surface area contributed by atoms with Gasteiger partial charge >= 0.3 is 0 Å². The van der Waals surface area contributed by atoms with Crippen LogP contribution in [0, 0.1) is 5.92 Å². The summed E-state index contributed by atoms with van der Waals surface area (Å²) >= 11 is 6.09. The Balaban J connectivity index is 1.86. The van der Waals surface area contributed by atoms with Crippen molar-refractivity contribution in [3.05, 3.63) is 58.9 Å². The summed E-state index contributed by atoms with van der Waals surface area (Å²) in [6.07, 6.45) is 1.62. The Labute approximate surface area is 156 Å². The highest BCUT2D eigenvalue weighted by atomic mass is 35.5. The first-order chi connectivity index (χ1) is 12.3. The molecule has 1 atom stereocenters. The number of nitrogens with zero attached hydrogens (tertiary/aromatic N) is 2. The van der Waals surface area contributed by atoms with Crippen molar-refractivity contribution in [1.29, 1.82) is 0 Å². The molecule has 1 saturated heterocycles. The Morgan fingerprint density at radius 2 is 2.12 bits per heavy atom. The predicted molar refractivity (Wildman–Crippen MR) is 97.3 cm³/mol. The van der Waals surface area contributed by atoms with Crippen LogP contribution in [0.5, 0.6) is 0 Å². The van der Waals surface area contributed by atoms with Crippen molar-refractivity contribution in [3.63, 3.8) is 0 Å². The normalized spacial score (nSPS) is 18.8. The molecule has 0 saturated carbocycles. The minimum atomic E-state index is -3.80. The molecule has 9 heteroatoms. The Hall–Kier alpha value is -2.45. The Morgan fingerprint density at radius 3 is 2.73 bits per heavy atom. The highest BCUT2D eigenvalue weighted by molar-refractivity contribution is 7.94. The summed E-state index contributed by atoms with van der Waals surface area (Å²) in [5.41, 5.74) is 0.871. The predicted octanol–water partition coefficient (Wildman–Crippen LogP) is 1.98. The third-order valence-corrected chi connectivity index (χ3v) is 6.12. The highest BCUT2D eigenvalue weighted by Crippen LogP contribution is 2.34. The number of rotatable bonds is 4. The smallest absolute Gasteiger partial charge is 0.251 e. The maximum Gasteiger partial charge on any atom is 0.251 e. The molecule has 1 aromatic heterocycles. The Bertz CT molecular complexity index is 963. The molecule has 1 aromatic carbocycles. The van der Waals surface area contributed by atoms with Crippen molar-refractivity contribution in [2.24, 2.45) is 5.92 Å². The summed E-state index contributed by atoms with van der Waals surface area (Å²) in [7, 11) is -3.80.